The summed E-state index contributed by atoms with van der Waals surface area (Å²) in [4.78, 5) is 39.3. The summed E-state index contributed by atoms with van der Waals surface area (Å²) in [5.41, 5.74) is 9.27. The van der Waals surface area contributed by atoms with Crippen molar-refractivity contribution in [3.63, 3.8) is 0 Å². The number of fused-ring (bicyclic) bond motifs is 1. The van der Waals surface area contributed by atoms with E-state index in [4.69, 9.17) is 35.4 Å². The monoisotopic (exact) mass is 583 g/mol. The molecule has 13 heteroatoms. The lowest BCUT2D eigenvalue weighted by molar-refractivity contribution is -0.135. The number of carbonyl (C=O) groups excluding carboxylic acids is 1. The van der Waals surface area contributed by atoms with Crippen LogP contribution in [0.3, 0.4) is 0 Å². The van der Waals surface area contributed by atoms with E-state index in [0.717, 1.165) is 68.5 Å². The molecule has 5 rings (SSSR count). The van der Waals surface area contributed by atoms with Gasteiger partial charge >= 0.3 is 0 Å². The number of rotatable bonds is 7. The Hall–Kier alpha value is -4.26. The average molecular weight is 584 g/mol. The molecule has 1 saturated heterocycles. The Morgan fingerprint density at radius 3 is 2.33 bits per heavy atom. The molecule has 2 aliphatic rings. The minimum atomic E-state index is -0.833. The molecule has 1 aliphatic carbocycles. The molecule has 0 atom stereocenters. The van der Waals surface area contributed by atoms with Crippen LogP contribution >= 0.6 is 0 Å². The lowest BCUT2D eigenvalue weighted by atomic mass is 10.0. The second-order valence-electron chi connectivity index (χ2n) is 10.4. The number of aromatic nitrogens is 4. The summed E-state index contributed by atoms with van der Waals surface area (Å²) in [5, 5.41) is 26.9. The molecule has 1 amide bonds. The average Bonchev–Trinajstić information content (AvgIpc) is 3.61. The number of hydrogen-bond donors (Lipinski definition) is 5. The Labute approximate surface area is 244 Å². The number of nitrogens with one attached hydrogen (secondary N) is 2. The van der Waals surface area contributed by atoms with Crippen LogP contribution < -0.4 is 21.1 Å². The fourth-order valence-electron chi connectivity index (χ4n) is 5.29. The van der Waals surface area contributed by atoms with E-state index in [1.165, 1.54) is 32.0 Å². The molecule has 13 nitrogen and oxygen atoms in total. The fourth-order valence-corrected chi connectivity index (χ4v) is 5.29. The Kier molecular flexibility index (Phi) is 12.0. The number of nitrogens with two attached hydrogens (primary N) is 1. The van der Waals surface area contributed by atoms with Gasteiger partial charge in [-0.25, -0.2) is 14.6 Å². The van der Waals surface area contributed by atoms with Crippen LogP contribution in [0.1, 0.15) is 71.3 Å². The Bertz CT molecular complexity index is 1340. The van der Waals surface area contributed by atoms with E-state index >= 15 is 0 Å². The highest BCUT2D eigenvalue weighted by atomic mass is 16.5. The topological polar surface area (TPSA) is 195 Å². The largest absolute Gasteiger partial charge is 0.495 e. The molecule has 0 radical (unpaired) electrons. The van der Waals surface area contributed by atoms with Gasteiger partial charge in [0.25, 0.3) is 11.9 Å². The van der Waals surface area contributed by atoms with Crippen molar-refractivity contribution in [2.75, 3.05) is 31.2 Å². The molecule has 0 bridgehead atoms. The number of aliphatic carboxylic acids is 2. The van der Waals surface area contributed by atoms with Gasteiger partial charge in [0.15, 0.2) is 5.65 Å². The zero-order valence-electron chi connectivity index (χ0n) is 24.4. The molecule has 6 N–H and O–H groups in total. The Balaban J connectivity index is 0.000000540. The number of amides is 1. The Morgan fingerprint density at radius 2 is 1.71 bits per heavy atom. The number of carboxylic acids is 2. The molecule has 42 heavy (non-hydrogen) atoms. The molecule has 0 unspecified atom stereocenters. The van der Waals surface area contributed by atoms with Gasteiger partial charge in [0, 0.05) is 25.8 Å². The second kappa shape index (κ2) is 15.7. The van der Waals surface area contributed by atoms with Gasteiger partial charge in [-0.15, -0.1) is 0 Å². The molecular weight excluding hydrogens is 542 g/mol. The third-order valence-electron chi connectivity index (χ3n) is 7.18. The van der Waals surface area contributed by atoms with Crippen molar-refractivity contribution in [1.82, 2.24) is 25.1 Å². The molecule has 3 heterocycles. The summed E-state index contributed by atoms with van der Waals surface area (Å²) in [5.74, 6) is 0.0393. The normalized spacial score (nSPS) is 15.2. The summed E-state index contributed by atoms with van der Waals surface area (Å²) in [6.45, 7) is 4.07. The molecule has 228 valence electrons. The first kappa shape index (κ1) is 32.3. The number of piperidine rings is 1. The van der Waals surface area contributed by atoms with Gasteiger partial charge in [0.1, 0.15) is 23.6 Å². The van der Waals surface area contributed by atoms with Crippen LogP contribution in [0.15, 0.2) is 24.5 Å². The van der Waals surface area contributed by atoms with Crippen molar-refractivity contribution in [3.05, 3.63) is 24.5 Å². The minimum absolute atomic E-state index is 0.0243. The first-order chi connectivity index (χ1) is 20.1. The van der Waals surface area contributed by atoms with E-state index in [0.29, 0.717) is 29.6 Å². The highest BCUT2D eigenvalue weighted by molar-refractivity contribution is 5.99. The molecule has 2 aromatic heterocycles. The zero-order chi connectivity index (χ0) is 30.6. The predicted octanol–water partition coefficient (Wildman–Crippen LogP) is 4.10. The van der Waals surface area contributed by atoms with E-state index in [1.54, 1.807) is 7.11 Å². The maximum Gasteiger partial charge on any atom is 0.300 e. The number of ether oxygens (including phenoxy) is 1. The summed E-state index contributed by atoms with van der Waals surface area (Å²) >= 11 is 0. The first-order valence-electron chi connectivity index (χ1n) is 14.2. The smallest absolute Gasteiger partial charge is 0.300 e. The van der Waals surface area contributed by atoms with Crippen LogP contribution in [0, 0.1) is 5.92 Å². The number of nitrogens with zero attached hydrogens (tertiary/aromatic N) is 4. The highest BCUT2D eigenvalue weighted by Gasteiger charge is 2.24. The first-order valence-corrected chi connectivity index (χ1v) is 14.2. The maximum absolute atomic E-state index is 12.6. The lowest BCUT2D eigenvalue weighted by Gasteiger charge is -2.23. The third-order valence-corrected chi connectivity index (χ3v) is 7.18. The van der Waals surface area contributed by atoms with Crippen LogP contribution in [0.25, 0.3) is 22.3 Å². The molecule has 2 fully saturated rings. The van der Waals surface area contributed by atoms with Gasteiger partial charge in [0.2, 0.25) is 5.91 Å². The molecule has 1 aliphatic heterocycles. The fraction of sp³-hybridized carbons (Fsp3) is 0.517. The van der Waals surface area contributed by atoms with E-state index in [9.17, 15) is 4.79 Å². The van der Waals surface area contributed by atoms with Crippen molar-refractivity contribution in [2.45, 2.75) is 71.3 Å². The van der Waals surface area contributed by atoms with Crippen LogP contribution in [0.4, 0.5) is 11.5 Å². The SMILES string of the molecule is CC(=O)O.CC(=O)O.COc1cc(-c2nn(C3CCNCC3)c3ncnc(N)c23)ccc1NC(=O)CCC1CCCC1. The second-order valence-corrected chi connectivity index (χ2v) is 10.4. The van der Waals surface area contributed by atoms with Gasteiger partial charge in [0.05, 0.1) is 24.2 Å². The molecule has 1 saturated carbocycles. The van der Waals surface area contributed by atoms with Gasteiger partial charge in [-0.3, -0.25) is 14.4 Å². The molecule has 3 aromatic rings. The van der Waals surface area contributed by atoms with Crippen molar-refractivity contribution >= 4 is 40.4 Å². The summed E-state index contributed by atoms with van der Waals surface area (Å²) in [7, 11) is 1.61. The molecule has 1 aromatic carbocycles. The van der Waals surface area contributed by atoms with Gasteiger partial charge in [-0.2, -0.15) is 5.10 Å². The van der Waals surface area contributed by atoms with Crippen LogP contribution in [0.2, 0.25) is 0 Å². The standard InChI is InChI=1S/C25H33N7O2.2C2H4O2/c1-34-20-14-17(7-8-19(20)30-21(33)9-6-16-4-2-3-5-16)23-22-24(26)28-15-29-25(22)32(31-23)18-10-12-27-13-11-18;2*1-2(3)4/h7-8,14-16,18,27H,2-6,9-13H2,1H3,(H,30,33)(H2,26,28,29);2*1H3,(H,3,4). The van der Waals surface area contributed by atoms with Crippen molar-refractivity contribution in [3.8, 4) is 17.0 Å². The number of hydrogen-bond acceptors (Lipinski definition) is 9. The quantitative estimate of drug-likeness (QED) is 0.269. The van der Waals surface area contributed by atoms with Gasteiger partial charge in [-0.1, -0.05) is 31.7 Å². The number of methoxy groups -OCH3 is 1. The molecular formula is C29H41N7O6. The highest BCUT2D eigenvalue weighted by Crippen LogP contribution is 2.37. The van der Waals surface area contributed by atoms with Crippen LogP contribution in [0.5, 0.6) is 5.75 Å². The summed E-state index contributed by atoms with van der Waals surface area (Å²) < 4.78 is 7.63. The predicted molar refractivity (Wildman–Crippen MR) is 159 cm³/mol. The van der Waals surface area contributed by atoms with E-state index in [-0.39, 0.29) is 11.9 Å². The van der Waals surface area contributed by atoms with Crippen LogP contribution in [-0.4, -0.2) is 68.0 Å². The summed E-state index contributed by atoms with van der Waals surface area (Å²) in [6, 6.07) is 5.97. The number of benzene rings is 1. The third kappa shape index (κ3) is 9.13. The molecule has 0 spiro atoms. The van der Waals surface area contributed by atoms with E-state index in [2.05, 4.69) is 20.6 Å². The number of anilines is 2. The van der Waals surface area contributed by atoms with Crippen LogP contribution in [-0.2, 0) is 14.4 Å². The summed E-state index contributed by atoms with van der Waals surface area (Å²) in [6.07, 6.45) is 10.0. The number of carbonyl (C=O) groups is 3. The van der Waals surface area contributed by atoms with Crippen molar-refractivity contribution < 1.29 is 29.3 Å². The minimum Gasteiger partial charge on any atom is -0.495 e. The van der Waals surface area contributed by atoms with E-state index < -0.39 is 11.9 Å². The number of nitrogen functional groups attached to an aromatic ring is 1. The lowest BCUT2D eigenvalue weighted by Crippen LogP contribution is -2.30. The number of carboxylic acid groups (broad SMARTS) is 2. The van der Waals surface area contributed by atoms with Crippen molar-refractivity contribution in [1.29, 1.82) is 0 Å². The van der Waals surface area contributed by atoms with Gasteiger partial charge in [-0.05, 0) is 50.4 Å². The Morgan fingerprint density at radius 1 is 1.07 bits per heavy atom. The zero-order valence-corrected chi connectivity index (χ0v) is 24.4. The van der Waals surface area contributed by atoms with Crippen molar-refractivity contribution in [2.24, 2.45) is 5.92 Å². The van der Waals surface area contributed by atoms with E-state index in [1.807, 2.05) is 22.9 Å². The van der Waals surface area contributed by atoms with Gasteiger partial charge < -0.3 is 31.3 Å². The maximum atomic E-state index is 12.6.